The zero-order valence-corrected chi connectivity index (χ0v) is 17.4. The number of hydrogen-bond acceptors (Lipinski definition) is 3. The molecule has 0 aliphatic heterocycles. The van der Waals surface area contributed by atoms with Gasteiger partial charge in [0.05, 0.1) is 5.69 Å². The standard InChI is InChI=1S/C19H28N4O.2ClH/c1-15-18(16(2)22(3)21-15)10-11-19(24)23(13-7-12-20)14-17-8-5-4-6-9-17;;/h4-6,8-9H,7,10-14,20H2,1-3H3;2*1H. The molecule has 2 N–H and O–H groups in total. The van der Waals surface area contributed by atoms with Crippen molar-refractivity contribution in [3.8, 4) is 0 Å². The predicted molar refractivity (Wildman–Crippen MR) is 111 cm³/mol. The lowest BCUT2D eigenvalue weighted by molar-refractivity contribution is -0.131. The summed E-state index contributed by atoms with van der Waals surface area (Å²) in [7, 11) is 1.94. The van der Waals surface area contributed by atoms with Crippen LogP contribution in [0.1, 0.15) is 35.4 Å². The average molecular weight is 401 g/mol. The van der Waals surface area contributed by atoms with Gasteiger partial charge in [0.25, 0.3) is 0 Å². The molecule has 26 heavy (non-hydrogen) atoms. The number of benzene rings is 1. The first-order chi connectivity index (χ1) is 11.5. The number of carbonyl (C=O) groups excluding carboxylic acids is 1. The van der Waals surface area contributed by atoms with Crippen LogP contribution in [0, 0.1) is 13.8 Å². The Labute approximate surface area is 168 Å². The lowest BCUT2D eigenvalue weighted by Crippen LogP contribution is -2.32. The Balaban J connectivity index is 0.00000312. The second-order valence-corrected chi connectivity index (χ2v) is 6.22. The van der Waals surface area contributed by atoms with Crippen molar-refractivity contribution in [2.24, 2.45) is 12.8 Å². The molecule has 0 unspecified atom stereocenters. The van der Waals surface area contributed by atoms with Crippen LogP contribution in [0.2, 0.25) is 0 Å². The van der Waals surface area contributed by atoms with Crippen molar-refractivity contribution < 1.29 is 4.79 Å². The topological polar surface area (TPSA) is 64.2 Å². The fourth-order valence-electron chi connectivity index (χ4n) is 2.95. The van der Waals surface area contributed by atoms with Crippen LogP contribution < -0.4 is 5.73 Å². The van der Waals surface area contributed by atoms with Gasteiger partial charge >= 0.3 is 0 Å². The Kier molecular flexibility index (Phi) is 11.2. The van der Waals surface area contributed by atoms with Gasteiger partial charge in [0, 0.05) is 32.3 Å². The van der Waals surface area contributed by atoms with Crippen molar-refractivity contribution in [1.82, 2.24) is 14.7 Å². The minimum atomic E-state index is 0. The number of halogens is 2. The second-order valence-electron chi connectivity index (χ2n) is 6.22. The van der Waals surface area contributed by atoms with Gasteiger partial charge < -0.3 is 10.6 Å². The van der Waals surface area contributed by atoms with Gasteiger partial charge in [0.1, 0.15) is 0 Å². The van der Waals surface area contributed by atoms with Crippen molar-refractivity contribution in [2.45, 2.75) is 39.7 Å². The summed E-state index contributed by atoms with van der Waals surface area (Å²) in [4.78, 5) is 14.6. The Morgan fingerprint density at radius 3 is 2.38 bits per heavy atom. The van der Waals surface area contributed by atoms with E-state index >= 15 is 0 Å². The van der Waals surface area contributed by atoms with E-state index in [1.54, 1.807) is 0 Å². The molecule has 0 aliphatic carbocycles. The van der Waals surface area contributed by atoms with E-state index < -0.39 is 0 Å². The lowest BCUT2D eigenvalue weighted by Gasteiger charge is -2.23. The highest BCUT2D eigenvalue weighted by Crippen LogP contribution is 2.15. The van der Waals surface area contributed by atoms with Crippen LogP contribution in [-0.4, -0.2) is 33.7 Å². The van der Waals surface area contributed by atoms with Crippen molar-refractivity contribution >= 4 is 30.7 Å². The van der Waals surface area contributed by atoms with E-state index in [0.29, 0.717) is 26.1 Å². The van der Waals surface area contributed by atoms with E-state index in [0.717, 1.165) is 29.8 Å². The third-order valence-corrected chi connectivity index (χ3v) is 4.45. The molecule has 2 aromatic rings. The molecule has 0 saturated heterocycles. The van der Waals surface area contributed by atoms with Gasteiger partial charge in [-0.05, 0) is 44.4 Å². The molecular formula is C19H30Cl2N4O. The van der Waals surface area contributed by atoms with Crippen molar-refractivity contribution in [3.63, 3.8) is 0 Å². The highest BCUT2D eigenvalue weighted by Gasteiger charge is 2.16. The zero-order chi connectivity index (χ0) is 17.5. The Morgan fingerprint density at radius 1 is 1.19 bits per heavy atom. The van der Waals surface area contributed by atoms with E-state index in [1.165, 1.54) is 5.56 Å². The van der Waals surface area contributed by atoms with Gasteiger partial charge in [0.15, 0.2) is 0 Å². The van der Waals surface area contributed by atoms with Crippen LogP contribution >= 0.6 is 24.8 Å². The van der Waals surface area contributed by atoms with Gasteiger partial charge in [-0.15, -0.1) is 24.8 Å². The molecule has 1 heterocycles. The van der Waals surface area contributed by atoms with E-state index in [2.05, 4.69) is 24.2 Å². The number of aryl methyl sites for hydroxylation is 2. The van der Waals surface area contributed by atoms with Gasteiger partial charge in [-0.25, -0.2) is 0 Å². The van der Waals surface area contributed by atoms with E-state index in [-0.39, 0.29) is 30.7 Å². The number of hydrogen-bond donors (Lipinski definition) is 1. The van der Waals surface area contributed by atoms with Crippen LogP contribution in [-0.2, 0) is 24.8 Å². The smallest absolute Gasteiger partial charge is 0.223 e. The number of nitrogens with two attached hydrogens (primary N) is 1. The van der Waals surface area contributed by atoms with Gasteiger partial charge in [-0.1, -0.05) is 30.3 Å². The maximum Gasteiger partial charge on any atom is 0.223 e. The molecule has 1 aromatic carbocycles. The molecule has 1 aromatic heterocycles. The number of aromatic nitrogens is 2. The van der Waals surface area contributed by atoms with E-state index in [4.69, 9.17) is 5.73 Å². The monoisotopic (exact) mass is 400 g/mol. The molecule has 0 fully saturated rings. The molecule has 0 atom stereocenters. The van der Waals surface area contributed by atoms with Gasteiger partial charge in [-0.3, -0.25) is 9.48 Å². The zero-order valence-electron chi connectivity index (χ0n) is 15.8. The third-order valence-electron chi connectivity index (χ3n) is 4.45. The Bertz CT molecular complexity index is 674. The largest absolute Gasteiger partial charge is 0.338 e. The molecule has 0 aliphatic rings. The maximum atomic E-state index is 12.7. The van der Waals surface area contributed by atoms with Gasteiger partial charge in [0.2, 0.25) is 5.91 Å². The van der Waals surface area contributed by atoms with Crippen LogP contribution in [0.3, 0.4) is 0 Å². The van der Waals surface area contributed by atoms with Crippen LogP contribution in [0.15, 0.2) is 30.3 Å². The first-order valence-electron chi connectivity index (χ1n) is 8.53. The summed E-state index contributed by atoms with van der Waals surface area (Å²) in [6.07, 6.45) is 2.06. The molecule has 0 bridgehead atoms. The lowest BCUT2D eigenvalue weighted by atomic mass is 10.1. The summed E-state index contributed by atoms with van der Waals surface area (Å²) >= 11 is 0. The number of amides is 1. The molecule has 2 rings (SSSR count). The van der Waals surface area contributed by atoms with E-state index in [9.17, 15) is 4.79 Å². The van der Waals surface area contributed by atoms with Crippen LogP contribution in [0.25, 0.3) is 0 Å². The highest BCUT2D eigenvalue weighted by atomic mass is 35.5. The predicted octanol–water partition coefficient (Wildman–Crippen LogP) is 3.19. The summed E-state index contributed by atoms with van der Waals surface area (Å²) in [5.41, 5.74) is 10.1. The fraction of sp³-hybridized carbons (Fsp3) is 0.474. The number of carbonyl (C=O) groups is 1. The SMILES string of the molecule is Cc1nn(C)c(C)c1CCC(=O)N(CCCN)Cc1ccccc1.Cl.Cl. The highest BCUT2D eigenvalue weighted by molar-refractivity contribution is 5.85. The number of nitrogens with zero attached hydrogens (tertiary/aromatic N) is 3. The minimum Gasteiger partial charge on any atom is -0.338 e. The fourth-order valence-corrected chi connectivity index (χ4v) is 2.95. The molecule has 0 radical (unpaired) electrons. The third kappa shape index (κ3) is 6.63. The van der Waals surface area contributed by atoms with Crippen molar-refractivity contribution in [2.75, 3.05) is 13.1 Å². The second kappa shape index (κ2) is 11.9. The summed E-state index contributed by atoms with van der Waals surface area (Å²) < 4.78 is 1.88. The Hall–Kier alpha value is -1.56. The molecule has 1 amide bonds. The molecule has 7 heteroatoms. The quantitative estimate of drug-likeness (QED) is 0.739. The van der Waals surface area contributed by atoms with Crippen LogP contribution in [0.4, 0.5) is 0 Å². The molecular weight excluding hydrogens is 371 g/mol. The first kappa shape index (κ1) is 24.4. The normalized spacial score (nSPS) is 10.0. The average Bonchev–Trinajstić information content (AvgIpc) is 2.82. The number of rotatable bonds is 8. The summed E-state index contributed by atoms with van der Waals surface area (Å²) in [5, 5.41) is 4.43. The minimum absolute atomic E-state index is 0. The summed E-state index contributed by atoms with van der Waals surface area (Å²) in [6.45, 7) is 6.00. The molecule has 146 valence electrons. The van der Waals surface area contributed by atoms with Crippen molar-refractivity contribution in [1.29, 1.82) is 0 Å². The summed E-state index contributed by atoms with van der Waals surface area (Å²) in [6, 6.07) is 10.1. The van der Waals surface area contributed by atoms with E-state index in [1.807, 2.05) is 41.8 Å². The maximum absolute atomic E-state index is 12.7. The molecule has 0 saturated carbocycles. The van der Waals surface area contributed by atoms with Crippen LogP contribution in [0.5, 0.6) is 0 Å². The van der Waals surface area contributed by atoms with Gasteiger partial charge in [-0.2, -0.15) is 5.10 Å². The molecule has 0 spiro atoms. The Morgan fingerprint density at radius 2 is 1.85 bits per heavy atom. The summed E-state index contributed by atoms with van der Waals surface area (Å²) in [5.74, 6) is 0.176. The van der Waals surface area contributed by atoms with Crippen molar-refractivity contribution in [3.05, 3.63) is 52.8 Å². The molecule has 5 nitrogen and oxygen atoms in total. The first-order valence-corrected chi connectivity index (χ1v) is 8.53.